The zero-order valence-corrected chi connectivity index (χ0v) is 58.3. The van der Waals surface area contributed by atoms with E-state index < -0.39 is 117 Å². The summed E-state index contributed by atoms with van der Waals surface area (Å²) in [5.41, 5.74) is 2.46. The van der Waals surface area contributed by atoms with E-state index in [-0.39, 0.29) is 50.3 Å². The number of aliphatic hydroxyl groups excluding tert-OH is 3. The molecule has 0 bridgehead atoms. The molecule has 23 heteroatoms. The Bertz CT molecular complexity index is 2710. The first-order valence-electron chi connectivity index (χ1n) is 31.7. The number of nitrogens with zero attached hydrogens (tertiary/aromatic N) is 2. The van der Waals surface area contributed by atoms with Gasteiger partial charge in [0.1, 0.15) is 53.2 Å². The molecule has 3 aliphatic rings. The number of benzene rings is 3. The molecular formula is C67H106F6N2O13P2. The van der Waals surface area contributed by atoms with Gasteiger partial charge in [-0.3, -0.25) is 9.59 Å². The van der Waals surface area contributed by atoms with E-state index in [0.29, 0.717) is 12.8 Å². The topological polar surface area (TPSA) is 197 Å². The van der Waals surface area contributed by atoms with Crippen LogP contribution in [0.3, 0.4) is 0 Å². The summed E-state index contributed by atoms with van der Waals surface area (Å²) in [5.74, 6) is -3.38. The number of hydrogen-bond acceptors (Lipinski definition) is 14. The average molecular weight is 1320 g/mol. The van der Waals surface area contributed by atoms with Gasteiger partial charge in [0.25, 0.3) is 0 Å². The Balaban J connectivity index is 0.00000198. The first-order valence-corrected chi connectivity index (χ1v) is 35.7. The molecule has 3 aromatic rings. The summed E-state index contributed by atoms with van der Waals surface area (Å²) in [6, 6.07) is 19.6. The molecule has 3 saturated heterocycles. The monoisotopic (exact) mass is 1320 g/mol. The molecule has 3 aliphatic heterocycles. The van der Waals surface area contributed by atoms with Gasteiger partial charge in [-0.15, -0.1) is 0 Å². The van der Waals surface area contributed by atoms with E-state index in [9.17, 15) is 55.5 Å². The van der Waals surface area contributed by atoms with Crippen LogP contribution in [0.4, 0.5) is 25.2 Å². The first kappa shape index (κ1) is 77.3. The third-order valence-corrected chi connectivity index (χ3v) is 23.0. The Morgan fingerprint density at radius 2 is 1.20 bits per heavy atom. The Morgan fingerprint density at radius 3 is 1.64 bits per heavy atom. The molecule has 6 rings (SSSR count). The number of unbranched alkanes of at least 4 members (excludes halogenated alkanes) is 2. The van der Waals surface area contributed by atoms with Crippen molar-refractivity contribution in [2.75, 3.05) is 33.9 Å². The number of hydrogen-bond donors (Lipinski definition) is 5. The number of methoxy groups -OCH3 is 1. The Hall–Kier alpha value is -3.40. The summed E-state index contributed by atoms with van der Waals surface area (Å²) in [7, 11) is -7.64. The minimum absolute atomic E-state index is 0.0512. The molecule has 5 N–H and O–H groups in total. The van der Waals surface area contributed by atoms with E-state index in [1.54, 1.807) is 46.4 Å². The van der Waals surface area contributed by atoms with Crippen LogP contribution in [0, 0.1) is 59.3 Å². The summed E-state index contributed by atoms with van der Waals surface area (Å²) >= 11 is 0. The quantitative estimate of drug-likeness (QED) is 0.0393. The molecule has 1 amide bonds. The minimum atomic E-state index is -10.7. The van der Waals surface area contributed by atoms with E-state index in [2.05, 4.69) is 96.1 Å². The summed E-state index contributed by atoms with van der Waals surface area (Å²) < 4.78 is 97.7. The molecule has 0 unspecified atom stereocenters. The fourth-order valence-electron chi connectivity index (χ4n) is 14.1. The van der Waals surface area contributed by atoms with Crippen molar-refractivity contribution < 1.29 is 88.7 Å². The third kappa shape index (κ3) is 20.3. The van der Waals surface area contributed by atoms with Crippen molar-refractivity contribution in [1.82, 2.24) is 9.80 Å². The molecule has 18 atom stereocenters. The van der Waals surface area contributed by atoms with Crippen LogP contribution in [0.15, 0.2) is 54.6 Å². The predicted octanol–water partition coefficient (Wildman–Crippen LogP) is 11.6. The van der Waals surface area contributed by atoms with Crippen molar-refractivity contribution in [2.45, 2.75) is 252 Å². The van der Waals surface area contributed by atoms with E-state index in [4.69, 9.17) is 28.4 Å². The third-order valence-electron chi connectivity index (χ3n) is 18.6. The molecule has 514 valence electrons. The average Bonchev–Trinajstić information content (AvgIpc) is 0.851. The fourth-order valence-corrected chi connectivity index (χ4v) is 19.0. The van der Waals surface area contributed by atoms with Gasteiger partial charge in [0.15, 0.2) is 12.6 Å². The second-order valence-electron chi connectivity index (χ2n) is 27.6. The van der Waals surface area contributed by atoms with Crippen LogP contribution < -0.4 is 15.9 Å². The van der Waals surface area contributed by atoms with Crippen molar-refractivity contribution in [2.24, 2.45) is 17.8 Å². The van der Waals surface area contributed by atoms with Crippen molar-refractivity contribution in [1.29, 1.82) is 0 Å². The second kappa shape index (κ2) is 29.3. The van der Waals surface area contributed by atoms with Crippen LogP contribution in [-0.2, 0) is 38.0 Å². The Labute approximate surface area is 531 Å². The number of halogens is 6. The van der Waals surface area contributed by atoms with E-state index in [0.717, 1.165) is 19.0 Å². The maximum absolute atomic E-state index is 15.1. The van der Waals surface area contributed by atoms with Crippen LogP contribution in [0.1, 0.15) is 154 Å². The number of rotatable bonds is 16. The molecule has 3 heterocycles. The van der Waals surface area contributed by atoms with Crippen LogP contribution in [-0.4, -0.2) is 171 Å². The summed E-state index contributed by atoms with van der Waals surface area (Å²) in [6.45, 7) is 30.5. The Morgan fingerprint density at radius 1 is 0.722 bits per heavy atom. The summed E-state index contributed by atoms with van der Waals surface area (Å²) in [4.78, 5) is 33.5. The van der Waals surface area contributed by atoms with Gasteiger partial charge in [-0.05, 0) is 218 Å². The second-order valence-corrected chi connectivity index (χ2v) is 33.1. The number of esters is 1. The zero-order valence-electron chi connectivity index (χ0n) is 56.5. The van der Waals surface area contributed by atoms with Crippen LogP contribution in [0.2, 0.25) is 0 Å². The van der Waals surface area contributed by atoms with Crippen molar-refractivity contribution in [3.63, 3.8) is 0 Å². The molecule has 15 nitrogen and oxygen atoms in total. The number of cyclic esters (lactones) is 1. The van der Waals surface area contributed by atoms with Crippen LogP contribution in [0.25, 0.3) is 0 Å². The Kier molecular flexibility index (Phi) is 25.2. The van der Waals surface area contributed by atoms with Gasteiger partial charge < -0.3 is 63.8 Å². The first-order chi connectivity index (χ1) is 41.1. The van der Waals surface area contributed by atoms with Crippen LogP contribution >= 0.6 is 15.1 Å². The molecular weight excluding hydrogens is 1220 g/mol. The SMILES string of the molecule is CC[C@H]1OC(=O)[C@H](C)[C@@H](O[C@H]2C[C@@](C)(OC)[C@@H](O)[C@H](C)O2)[C@H](C)[C@@H](O[C@@H]2O[C@H](C)C[C@H](N(C)C)[C@H]2O)[C@](C)(O)C[C@@H](C)CN(C(=O)CCCCC[P+](c2cc(C)cc(C)c2)(c2cc(C)cc(C)c2)c2cc(C)cc(C)c2)[C@H](C)[C@@H](O)[C@]1(C)O.F[P-](F)(F)(F)(F)F. The van der Waals surface area contributed by atoms with Crippen molar-refractivity contribution >= 4 is 42.9 Å². The number of amides is 1. The predicted molar refractivity (Wildman–Crippen MR) is 344 cm³/mol. The van der Waals surface area contributed by atoms with E-state index >= 15 is 4.79 Å². The van der Waals surface area contributed by atoms with Gasteiger partial charge in [-0.1, -0.05) is 39.0 Å². The molecule has 3 fully saturated rings. The number of aliphatic hydroxyl groups is 5. The fraction of sp³-hybridized carbons (Fsp3) is 0.701. The number of ether oxygens (including phenoxy) is 6. The number of likely N-dealkylation sites (N-methyl/N-ethyl adjacent to an activating group) is 1. The molecule has 0 saturated carbocycles. The van der Waals surface area contributed by atoms with Gasteiger partial charge in [0, 0.05) is 38.5 Å². The number of carbonyl (C=O) groups is 2. The molecule has 0 radical (unpaired) electrons. The van der Waals surface area contributed by atoms with E-state index in [1.165, 1.54) is 63.3 Å². The number of aryl methyl sites for hydroxylation is 6. The van der Waals surface area contributed by atoms with Crippen LogP contribution in [0.5, 0.6) is 0 Å². The molecule has 0 aromatic heterocycles. The summed E-state index contributed by atoms with van der Waals surface area (Å²) in [5, 5.41) is 65.2. The van der Waals surface area contributed by atoms with Crippen molar-refractivity contribution in [3.05, 3.63) is 88.0 Å². The van der Waals surface area contributed by atoms with Gasteiger partial charge in [-0.2, -0.15) is 0 Å². The standard InChI is InChI=1S/C67H106N2O13P.F6P/c1-20-55-67(16,76)60(72)49(12)69(56(70)24-22-21-23-25-83(51-29-39(2)26-40(3)30-51,52-31-41(4)27-42(5)32-52)53-33-43(6)28-44(7)34-53)38-45(8)36-65(14,75)62(82-64-58(71)54(68(17)18)35-46(9)78-64)47(10)59(48(11)63(74)80-55)81-57-37-66(15,77-19)61(73)50(13)79-57;1-7(2,3,4,5)6/h26-34,45-50,54-55,57-62,64,71-73,75-76H,20-25,35-38H2,1-19H3;/q+1;-1/t45-,46-,47+,48-,49-,50+,54+,55-,57+,58-,59+,60-,61+,62-,64+,65-,66-,67-;/m1./s1. The van der Waals surface area contributed by atoms with Gasteiger partial charge in [-0.25, -0.2) is 0 Å². The zero-order chi connectivity index (χ0) is 68.3. The van der Waals surface area contributed by atoms with Gasteiger partial charge >= 0.3 is 39.0 Å². The van der Waals surface area contributed by atoms with Gasteiger partial charge in [0.2, 0.25) is 5.91 Å². The number of carbonyl (C=O) groups excluding carboxylic acids is 2. The molecule has 3 aromatic carbocycles. The molecule has 0 aliphatic carbocycles. The van der Waals surface area contributed by atoms with Crippen molar-refractivity contribution in [3.8, 4) is 0 Å². The molecule has 0 spiro atoms. The summed E-state index contributed by atoms with van der Waals surface area (Å²) in [6.07, 6.45) is -6.48. The van der Waals surface area contributed by atoms with E-state index in [1.807, 2.05) is 39.8 Å². The normalized spacial score (nSPS) is 34.5. The maximum atomic E-state index is 15.1. The van der Waals surface area contributed by atoms with Gasteiger partial charge in [0.05, 0.1) is 53.7 Å². The molecule has 90 heavy (non-hydrogen) atoms.